The van der Waals surface area contributed by atoms with Gasteiger partial charge in [-0.05, 0) is 82.3 Å². The Morgan fingerprint density at radius 3 is 2.19 bits per heavy atom. The molecule has 2 aromatic carbocycles. The van der Waals surface area contributed by atoms with Gasteiger partial charge in [0, 0.05) is 12.6 Å². The van der Waals surface area contributed by atoms with Crippen molar-refractivity contribution >= 4 is 16.0 Å². The Balaban J connectivity index is 1.58. The van der Waals surface area contributed by atoms with Crippen molar-refractivity contribution in [3.8, 4) is 11.1 Å². The molecule has 174 valence electrons. The second kappa shape index (κ2) is 10.1. The van der Waals surface area contributed by atoms with Crippen molar-refractivity contribution in [2.24, 2.45) is 0 Å². The number of rotatable bonds is 8. The van der Waals surface area contributed by atoms with E-state index in [0.29, 0.717) is 6.04 Å². The van der Waals surface area contributed by atoms with Crippen LogP contribution in [0.25, 0.3) is 11.1 Å². The van der Waals surface area contributed by atoms with Crippen molar-refractivity contribution in [1.29, 1.82) is 0 Å². The van der Waals surface area contributed by atoms with Gasteiger partial charge in [-0.2, -0.15) is 4.72 Å². The van der Waals surface area contributed by atoms with Crippen molar-refractivity contribution in [1.82, 2.24) is 9.62 Å². The second-order valence-corrected chi connectivity index (χ2v) is 11.2. The topological polar surface area (TPSA) is 75.7 Å². The van der Waals surface area contributed by atoms with Gasteiger partial charge >= 0.3 is 5.97 Å². The van der Waals surface area contributed by atoms with Gasteiger partial charge in [-0.25, -0.2) is 8.42 Å². The van der Waals surface area contributed by atoms with Crippen molar-refractivity contribution in [2.75, 3.05) is 19.6 Å². The summed E-state index contributed by atoms with van der Waals surface area (Å²) in [5, 5.41) is 0. The van der Waals surface area contributed by atoms with Crippen molar-refractivity contribution in [3.05, 3.63) is 54.1 Å². The van der Waals surface area contributed by atoms with Crippen LogP contribution in [0.5, 0.6) is 0 Å². The molecule has 1 heterocycles. The van der Waals surface area contributed by atoms with E-state index < -0.39 is 28.1 Å². The largest absolute Gasteiger partial charge is 0.459 e. The summed E-state index contributed by atoms with van der Waals surface area (Å²) in [4.78, 5) is 14.4. The fourth-order valence-electron chi connectivity index (χ4n) is 3.90. The molecule has 0 saturated carbocycles. The summed E-state index contributed by atoms with van der Waals surface area (Å²) in [5.41, 5.74) is 2.62. The van der Waals surface area contributed by atoms with Crippen LogP contribution in [0.2, 0.25) is 0 Å². The highest BCUT2D eigenvalue weighted by molar-refractivity contribution is 7.89. The van der Waals surface area contributed by atoms with Crippen molar-refractivity contribution < 1.29 is 17.9 Å². The molecule has 0 aliphatic carbocycles. The fraction of sp³-hybridized carbons (Fsp3) is 0.480. The Kier molecular flexibility index (Phi) is 7.75. The van der Waals surface area contributed by atoms with E-state index in [2.05, 4.69) is 40.8 Å². The first-order valence-corrected chi connectivity index (χ1v) is 12.7. The van der Waals surface area contributed by atoms with Gasteiger partial charge in [-0.3, -0.25) is 4.79 Å². The van der Waals surface area contributed by atoms with Gasteiger partial charge in [0.15, 0.2) is 0 Å². The quantitative estimate of drug-likeness (QED) is 0.605. The van der Waals surface area contributed by atoms with E-state index in [1.807, 2.05) is 0 Å². The number of hydrogen-bond donors (Lipinski definition) is 1. The Bertz CT molecular complexity index is 1010. The van der Waals surface area contributed by atoms with E-state index in [1.54, 1.807) is 45.0 Å². The number of esters is 1. The van der Waals surface area contributed by atoms with E-state index in [9.17, 15) is 13.2 Å². The number of likely N-dealkylation sites (tertiary alicyclic amines) is 1. The highest BCUT2D eigenvalue weighted by Gasteiger charge is 2.21. The summed E-state index contributed by atoms with van der Waals surface area (Å²) in [6, 6.07) is 15.8. The lowest BCUT2D eigenvalue weighted by molar-refractivity contribution is -0.153. The van der Waals surface area contributed by atoms with Crippen LogP contribution in [0.15, 0.2) is 53.4 Å². The molecule has 0 aromatic heterocycles. The average molecular weight is 459 g/mol. The first-order chi connectivity index (χ1) is 15.0. The maximum Gasteiger partial charge on any atom is 0.321 e. The van der Waals surface area contributed by atoms with Gasteiger partial charge in [-0.15, -0.1) is 0 Å². The van der Waals surface area contributed by atoms with E-state index in [-0.39, 0.29) is 4.90 Å². The molecule has 1 saturated heterocycles. The van der Waals surface area contributed by atoms with E-state index in [0.717, 1.165) is 24.1 Å². The molecule has 1 atom stereocenters. The summed E-state index contributed by atoms with van der Waals surface area (Å²) in [5.74, 6) is -0.614. The third-order valence-corrected chi connectivity index (χ3v) is 7.07. The maximum absolute atomic E-state index is 12.5. The zero-order valence-corrected chi connectivity index (χ0v) is 20.2. The Morgan fingerprint density at radius 2 is 1.66 bits per heavy atom. The van der Waals surface area contributed by atoms with Gasteiger partial charge in [-0.1, -0.05) is 36.4 Å². The first kappa shape index (κ1) is 24.4. The minimum atomic E-state index is -3.79. The third-order valence-electron chi connectivity index (χ3n) is 5.66. The fourth-order valence-corrected chi connectivity index (χ4v) is 4.87. The molecular weight excluding hydrogens is 424 g/mol. The molecule has 3 rings (SSSR count). The molecule has 1 unspecified atom stereocenters. The van der Waals surface area contributed by atoms with Gasteiger partial charge in [0.05, 0.1) is 4.90 Å². The number of sulfonamides is 1. The standard InChI is InChI=1S/C25H34N2O4S/c1-19-6-5-16-27(19)17-15-20-7-9-21(10-8-20)22-11-13-23(14-12-22)32(29,30)26-18-24(28)31-25(2,3)4/h7-14,19,26H,5-6,15-18H2,1-4H3. The maximum atomic E-state index is 12.5. The lowest BCUT2D eigenvalue weighted by atomic mass is 10.0. The summed E-state index contributed by atoms with van der Waals surface area (Å²) >= 11 is 0. The number of carbonyl (C=O) groups excluding carboxylic acids is 1. The molecular formula is C25H34N2O4S. The lowest BCUT2D eigenvalue weighted by Crippen LogP contribution is -2.34. The molecule has 0 radical (unpaired) electrons. The van der Waals surface area contributed by atoms with E-state index >= 15 is 0 Å². The number of ether oxygens (including phenoxy) is 1. The third kappa shape index (κ3) is 6.89. The predicted molar refractivity (Wildman–Crippen MR) is 127 cm³/mol. The van der Waals surface area contributed by atoms with Crippen molar-refractivity contribution in [3.63, 3.8) is 0 Å². The van der Waals surface area contributed by atoms with E-state index in [1.165, 1.54) is 24.9 Å². The zero-order chi connectivity index (χ0) is 23.4. The molecule has 32 heavy (non-hydrogen) atoms. The SMILES string of the molecule is CC1CCCN1CCc1ccc(-c2ccc(S(=O)(=O)NCC(=O)OC(C)(C)C)cc2)cc1. The van der Waals surface area contributed by atoms with E-state index in [4.69, 9.17) is 4.74 Å². The molecule has 2 aromatic rings. The summed E-state index contributed by atoms with van der Waals surface area (Å²) in [6.07, 6.45) is 3.62. The van der Waals surface area contributed by atoms with Gasteiger partial charge in [0.25, 0.3) is 0 Å². The molecule has 7 heteroatoms. The summed E-state index contributed by atoms with van der Waals surface area (Å²) in [7, 11) is -3.79. The first-order valence-electron chi connectivity index (χ1n) is 11.2. The van der Waals surface area contributed by atoms with Gasteiger partial charge in [0.1, 0.15) is 12.1 Å². The highest BCUT2D eigenvalue weighted by Crippen LogP contribution is 2.23. The number of nitrogens with one attached hydrogen (secondary N) is 1. The van der Waals surface area contributed by atoms with Crippen LogP contribution in [-0.4, -0.2) is 50.6 Å². The lowest BCUT2D eigenvalue weighted by Gasteiger charge is -2.20. The highest BCUT2D eigenvalue weighted by atomic mass is 32.2. The Labute approximate surface area is 192 Å². The Morgan fingerprint density at radius 1 is 1.06 bits per heavy atom. The van der Waals surface area contributed by atoms with Crippen LogP contribution < -0.4 is 4.72 Å². The molecule has 0 amide bonds. The van der Waals surface area contributed by atoms with Crippen LogP contribution >= 0.6 is 0 Å². The minimum absolute atomic E-state index is 0.112. The number of nitrogens with zero attached hydrogens (tertiary/aromatic N) is 1. The molecule has 0 bridgehead atoms. The zero-order valence-electron chi connectivity index (χ0n) is 19.4. The summed E-state index contributed by atoms with van der Waals surface area (Å²) < 4.78 is 32.4. The van der Waals surface area contributed by atoms with Gasteiger partial charge in [0.2, 0.25) is 10.0 Å². The smallest absolute Gasteiger partial charge is 0.321 e. The van der Waals surface area contributed by atoms with Crippen molar-refractivity contribution in [2.45, 2.75) is 63.5 Å². The Hall–Kier alpha value is -2.22. The van der Waals surface area contributed by atoms with Gasteiger partial charge < -0.3 is 9.64 Å². The molecule has 1 fully saturated rings. The normalized spacial score (nSPS) is 17.4. The summed E-state index contributed by atoms with van der Waals surface area (Å²) in [6.45, 7) is 9.38. The number of benzene rings is 2. The monoisotopic (exact) mass is 458 g/mol. The second-order valence-electron chi connectivity index (χ2n) is 9.41. The molecule has 1 N–H and O–H groups in total. The van der Waals surface area contributed by atoms with Crippen LogP contribution in [0, 0.1) is 0 Å². The van der Waals surface area contributed by atoms with Crippen LogP contribution in [0.1, 0.15) is 46.1 Å². The predicted octanol–water partition coefficient (Wildman–Crippen LogP) is 4.00. The van der Waals surface area contributed by atoms with Crippen LogP contribution in [0.4, 0.5) is 0 Å². The molecule has 0 spiro atoms. The number of hydrogen-bond acceptors (Lipinski definition) is 5. The van der Waals surface area contributed by atoms with Crippen LogP contribution in [0.3, 0.4) is 0 Å². The molecule has 1 aliphatic rings. The average Bonchev–Trinajstić information content (AvgIpc) is 3.15. The van der Waals surface area contributed by atoms with Crippen LogP contribution in [-0.2, 0) is 26.0 Å². The molecule has 1 aliphatic heterocycles. The number of carbonyl (C=O) groups is 1. The molecule has 6 nitrogen and oxygen atoms in total. The minimum Gasteiger partial charge on any atom is -0.459 e.